The molecule has 3 rings (SSSR count). The van der Waals surface area contributed by atoms with Crippen LogP contribution in [0.3, 0.4) is 0 Å². The highest BCUT2D eigenvalue weighted by atomic mass is 32.1. The molecule has 25 heavy (non-hydrogen) atoms. The van der Waals surface area contributed by atoms with Gasteiger partial charge in [-0.2, -0.15) is 13.5 Å². The van der Waals surface area contributed by atoms with Crippen LogP contribution >= 0.6 is 13.5 Å². The lowest BCUT2D eigenvalue weighted by molar-refractivity contribution is 0.0967. The number of hydrogen-bond acceptors (Lipinski definition) is 3. The predicted octanol–water partition coefficient (Wildman–Crippen LogP) is 6.08. The molecule has 3 nitrogen and oxygen atoms in total. The van der Waals surface area contributed by atoms with Gasteiger partial charge < -0.3 is 14.2 Å². The van der Waals surface area contributed by atoms with E-state index >= 15 is 0 Å². The first-order valence-electron chi connectivity index (χ1n) is 9.23. The first-order valence-corrected chi connectivity index (χ1v) is 9.23. The van der Waals surface area contributed by atoms with Crippen molar-refractivity contribution in [2.24, 2.45) is 0 Å². The second-order valence-electron chi connectivity index (χ2n) is 5.02. The predicted molar refractivity (Wildman–Crippen MR) is 118 cm³/mol. The van der Waals surface area contributed by atoms with Gasteiger partial charge >= 0.3 is 0 Å². The van der Waals surface area contributed by atoms with Crippen LogP contribution in [0.5, 0.6) is 0 Å². The third-order valence-electron chi connectivity index (χ3n) is 3.23. The fourth-order valence-electron chi connectivity index (χ4n) is 2.06. The standard InChI is InChI=1S/3C5H10O.3C2H4.H2S/c3*1-2-4-6-5-3-1;3*1-2;/h3*1-5H2;3*1-2H2;1H2. The molecule has 3 saturated heterocycles. The molecule has 0 saturated carbocycles. The van der Waals surface area contributed by atoms with E-state index in [1.54, 1.807) is 0 Å². The monoisotopic (exact) mass is 376 g/mol. The summed E-state index contributed by atoms with van der Waals surface area (Å²) in [4.78, 5) is 0. The van der Waals surface area contributed by atoms with Gasteiger partial charge in [-0.25, -0.2) is 0 Å². The number of rotatable bonds is 0. The zero-order valence-corrected chi connectivity index (χ0v) is 17.6. The van der Waals surface area contributed by atoms with Gasteiger partial charge in [0.25, 0.3) is 0 Å². The van der Waals surface area contributed by atoms with Crippen molar-refractivity contribution in [2.45, 2.75) is 57.8 Å². The smallest absolute Gasteiger partial charge is 0.0466 e. The van der Waals surface area contributed by atoms with Crippen LogP contribution in [0.1, 0.15) is 57.8 Å². The maximum absolute atomic E-state index is 5.07. The Morgan fingerprint density at radius 2 is 0.480 bits per heavy atom. The Kier molecular flexibility index (Phi) is 49.9. The van der Waals surface area contributed by atoms with E-state index in [-0.39, 0.29) is 13.5 Å². The van der Waals surface area contributed by atoms with Crippen LogP contribution < -0.4 is 0 Å². The van der Waals surface area contributed by atoms with Crippen LogP contribution in [0.25, 0.3) is 0 Å². The minimum absolute atomic E-state index is 0. The molecule has 0 aliphatic carbocycles. The lowest BCUT2D eigenvalue weighted by Crippen LogP contribution is -2.03. The molecule has 0 atom stereocenters. The van der Waals surface area contributed by atoms with Crippen LogP contribution in [0.2, 0.25) is 0 Å². The van der Waals surface area contributed by atoms with Crippen molar-refractivity contribution in [3.63, 3.8) is 0 Å². The Bertz CT molecular complexity index is 124. The molecule has 0 aromatic carbocycles. The van der Waals surface area contributed by atoms with E-state index < -0.39 is 0 Å². The van der Waals surface area contributed by atoms with E-state index in [2.05, 4.69) is 39.5 Å². The van der Waals surface area contributed by atoms with E-state index in [1.165, 1.54) is 57.8 Å². The second kappa shape index (κ2) is 38.8. The molecule has 0 aromatic heterocycles. The minimum atomic E-state index is 0. The Hall–Kier alpha value is -0.550. The van der Waals surface area contributed by atoms with Crippen molar-refractivity contribution in [2.75, 3.05) is 39.6 Å². The van der Waals surface area contributed by atoms with Crippen molar-refractivity contribution >= 4 is 13.5 Å². The average Bonchev–Trinajstić information content (AvgIpc) is 2.77. The van der Waals surface area contributed by atoms with Crippen molar-refractivity contribution in [3.05, 3.63) is 39.5 Å². The zero-order valence-electron chi connectivity index (χ0n) is 16.6. The van der Waals surface area contributed by atoms with Gasteiger partial charge in [-0.05, 0) is 57.8 Å². The van der Waals surface area contributed by atoms with Gasteiger partial charge in [0, 0.05) is 39.6 Å². The average molecular weight is 377 g/mol. The zero-order chi connectivity index (χ0) is 18.7. The van der Waals surface area contributed by atoms with Gasteiger partial charge in [-0.15, -0.1) is 39.5 Å². The molecule has 0 N–H and O–H groups in total. The molecular formula is C21H44O3S. The summed E-state index contributed by atoms with van der Waals surface area (Å²) in [5.41, 5.74) is 0. The van der Waals surface area contributed by atoms with Crippen molar-refractivity contribution in [1.29, 1.82) is 0 Å². The van der Waals surface area contributed by atoms with Gasteiger partial charge in [0.2, 0.25) is 0 Å². The van der Waals surface area contributed by atoms with Crippen LogP contribution in [-0.2, 0) is 14.2 Å². The molecule has 0 unspecified atom stereocenters. The normalized spacial score (nSPS) is 17.8. The molecule has 4 heteroatoms. The van der Waals surface area contributed by atoms with E-state index in [9.17, 15) is 0 Å². The molecular weight excluding hydrogens is 332 g/mol. The molecule has 0 aromatic rings. The summed E-state index contributed by atoms with van der Waals surface area (Å²) < 4.78 is 15.2. The van der Waals surface area contributed by atoms with Gasteiger partial charge in [-0.3, -0.25) is 0 Å². The maximum atomic E-state index is 5.07. The van der Waals surface area contributed by atoms with Gasteiger partial charge in [0.1, 0.15) is 0 Å². The first-order chi connectivity index (χ1) is 12.0. The van der Waals surface area contributed by atoms with Crippen molar-refractivity contribution < 1.29 is 14.2 Å². The largest absolute Gasteiger partial charge is 0.381 e. The molecule has 152 valence electrons. The highest BCUT2D eigenvalue weighted by Gasteiger charge is 1.96. The van der Waals surface area contributed by atoms with Crippen molar-refractivity contribution in [3.8, 4) is 0 Å². The molecule has 3 fully saturated rings. The Morgan fingerprint density at radius 3 is 0.520 bits per heavy atom. The summed E-state index contributed by atoms with van der Waals surface area (Å²) in [6, 6.07) is 0. The lowest BCUT2D eigenvalue weighted by atomic mass is 10.2. The van der Waals surface area contributed by atoms with Crippen LogP contribution in [0, 0.1) is 0 Å². The molecule has 0 radical (unpaired) electrons. The Labute approximate surface area is 165 Å². The highest BCUT2D eigenvalue weighted by molar-refractivity contribution is 7.59. The molecule has 0 bridgehead atoms. The quantitative estimate of drug-likeness (QED) is 0.479. The molecule has 3 aliphatic rings. The fraction of sp³-hybridized carbons (Fsp3) is 0.714. The molecule has 3 aliphatic heterocycles. The van der Waals surface area contributed by atoms with Crippen LogP contribution in [0.4, 0.5) is 0 Å². The van der Waals surface area contributed by atoms with E-state index in [1.807, 2.05) is 0 Å². The number of ether oxygens (including phenoxy) is 3. The topological polar surface area (TPSA) is 27.7 Å². The second-order valence-corrected chi connectivity index (χ2v) is 5.02. The van der Waals surface area contributed by atoms with E-state index in [4.69, 9.17) is 14.2 Å². The van der Waals surface area contributed by atoms with E-state index in [0.717, 1.165) is 39.6 Å². The van der Waals surface area contributed by atoms with Gasteiger partial charge in [-0.1, -0.05) is 0 Å². The highest BCUT2D eigenvalue weighted by Crippen LogP contribution is 2.03. The van der Waals surface area contributed by atoms with Crippen molar-refractivity contribution in [1.82, 2.24) is 0 Å². The lowest BCUT2D eigenvalue weighted by Gasteiger charge is -2.08. The summed E-state index contributed by atoms with van der Waals surface area (Å²) in [5.74, 6) is 0. The Balaban J connectivity index is -0.000000113. The minimum Gasteiger partial charge on any atom is -0.381 e. The first kappa shape index (κ1) is 32.1. The SMILES string of the molecule is C1CCOCC1.C1CCOCC1.C1CCOCC1.C=C.C=C.C=C.S. The summed E-state index contributed by atoms with van der Waals surface area (Å²) >= 11 is 0. The van der Waals surface area contributed by atoms with Gasteiger partial charge in [0.15, 0.2) is 0 Å². The molecule has 0 spiro atoms. The third-order valence-corrected chi connectivity index (χ3v) is 3.23. The number of hydrogen-bond donors (Lipinski definition) is 0. The Morgan fingerprint density at radius 1 is 0.320 bits per heavy atom. The van der Waals surface area contributed by atoms with Crippen LogP contribution in [0.15, 0.2) is 39.5 Å². The van der Waals surface area contributed by atoms with Gasteiger partial charge in [0.05, 0.1) is 0 Å². The fourth-order valence-corrected chi connectivity index (χ4v) is 2.06. The molecule has 3 heterocycles. The maximum Gasteiger partial charge on any atom is 0.0466 e. The third kappa shape index (κ3) is 35.4. The van der Waals surface area contributed by atoms with E-state index in [0.29, 0.717) is 0 Å². The summed E-state index contributed by atoms with van der Waals surface area (Å²) in [6.07, 6.45) is 11.8. The van der Waals surface area contributed by atoms with Crippen LogP contribution in [-0.4, -0.2) is 39.6 Å². The summed E-state index contributed by atoms with van der Waals surface area (Å²) in [6.45, 7) is 24.0. The summed E-state index contributed by atoms with van der Waals surface area (Å²) in [5, 5.41) is 0. The summed E-state index contributed by atoms with van der Waals surface area (Å²) in [7, 11) is 0. The molecule has 0 amide bonds.